The first-order valence-corrected chi connectivity index (χ1v) is 10.5. The number of nitrogens with zero attached hydrogens (tertiary/aromatic N) is 2. The molecule has 154 valence electrons. The number of hydrogen-bond acceptors (Lipinski definition) is 6. The minimum Gasteiger partial charge on any atom is -0.454 e. The van der Waals surface area contributed by atoms with Crippen molar-refractivity contribution in [1.82, 2.24) is 10.1 Å². The molecule has 7 nitrogen and oxygen atoms in total. The molecule has 2 saturated heterocycles. The number of aromatic nitrogens is 1. The van der Waals surface area contributed by atoms with Crippen molar-refractivity contribution in [3.05, 3.63) is 40.8 Å². The Kier molecular flexibility index (Phi) is 4.31. The van der Waals surface area contributed by atoms with Crippen LogP contribution < -0.4 is 9.47 Å². The van der Waals surface area contributed by atoms with E-state index in [9.17, 15) is 9.90 Å². The minimum absolute atomic E-state index is 0.000173. The molecule has 0 aliphatic carbocycles. The van der Waals surface area contributed by atoms with Crippen LogP contribution in [0.1, 0.15) is 66.9 Å². The van der Waals surface area contributed by atoms with Gasteiger partial charge >= 0.3 is 0 Å². The lowest BCUT2D eigenvalue weighted by Gasteiger charge is -2.44. The summed E-state index contributed by atoms with van der Waals surface area (Å²) < 4.78 is 16.3. The molecule has 0 spiro atoms. The summed E-state index contributed by atoms with van der Waals surface area (Å²) in [5.41, 5.74) is 1.21. The van der Waals surface area contributed by atoms with Gasteiger partial charge in [0.2, 0.25) is 6.79 Å². The largest absolute Gasteiger partial charge is 0.454 e. The summed E-state index contributed by atoms with van der Waals surface area (Å²) in [7, 11) is 0. The van der Waals surface area contributed by atoms with Gasteiger partial charge in [-0.15, -0.1) is 0 Å². The van der Waals surface area contributed by atoms with Gasteiger partial charge in [-0.1, -0.05) is 25.1 Å². The number of carbonyl (C=O) groups excluding carboxylic acids is 1. The molecule has 2 bridgehead atoms. The highest BCUT2D eigenvalue weighted by Crippen LogP contribution is 2.48. The van der Waals surface area contributed by atoms with E-state index in [1.807, 2.05) is 36.9 Å². The predicted molar refractivity (Wildman–Crippen MR) is 104 cm³/mol. The summed E-state index contributed by atoms with van der Waals surface area (Å²) in [6.07, 6.45) is 4.13. The topological polar surface area (TPSA) is 85.0 Å². The number of ether oxygens (including phenoxy) is 2. The van der Waals surface area contributed by atoms with E-state index < -0.39 is 5.60 Å². The van der Waals surface area contributed by atoms with Crippen LogP contribution in [-0.4, -0.2) is 39.9 Å². The third kappa shape index (κ3) is 2.82. The quantitative estimate of drug-likeness (QED) is 0.851. The van der Waals surface area contributed by atoms with Crippen LogP contribution in [0.15, 0.2) is 22.7 Å². The van der Waals surface area contributed by atoms with Gasteiger partial charge in [-0.25, -0.2) is 0 Å². The van der Waals surface area contributed by atoms with E-state index in [1.165, 1.54) is 0 Å². The molecule has 7 heteroatoms. The smallest absolute Gasteiger partial charge is 0.259 e. The number of amides is 1. The molecule has 1 amide bonds. The van der Waals surface area contributed by atoms with E-state index in [0.29, 0.717) is 48.5 Å². The fraction of sp³-hybridized carbons (Fsp3) is 0.545. The number of benzene rings is 1. The minimum atomic E-state index is -0.973. The standard InChI is InChI=1S/C22H26N2O5/c1-3-16-20(17(4-2)29-23-16)21(25)24-14-6-7-15(24)11-22(26,10-14)13-5-8-18-19(9-13)28-12-27-18/h5,8-9,14-15,26H,3-4,6-7,10-12H2,1-2H3/t14-,15-/m0/s1. The summed E-state index contributed by atoms with van der Waals surface area (Å²) in [4.78, 5) is 15.5. The molecule has 2 atom stereocenters. The van der Waals surface area contributed by atoms with Gasteiger partial charge in [-0.2, -0.15) is 0 Å². The van der Waals surface area contributed by atoms with E-state index in [1.54, 1.807) is 0 Å². The van der Waals surface area contributed by atoms with Crippen LogP contribution in [0.3, 0.4) is 0 Å². The molecule has 2 aromatic rings. The maximum Gasteiger partial charge on any atom is 0.259 e. The number of aryl methyl sites for hydroxylation is 2. The molecule has 1 N–H and O–H groups in total. The number of piperidine rings is 1. The number of hydrogen-bond donors (Lipinski definition) is 1. The van der Waals surface area contributed by atoms with Crippen molar-refractivity contribution in [3.8, 4) is 11.5 Å². The number of carbonyl (C=O) groups is 1. The van der Waals surface area contributed by atoms with Crippen molar-refractivity contribution in [3.63, 3.8) is 0 Å². The average molecular weight is 398 g/mol. The van der Waals surface area contributed by atoms with Gasteiger partial charge in [0.15, 0.2) is 11.5 Å². The third-order valence-electron chi connectivity index (χ3n) is 6.61. The van der Waals surface area contributed by atoms with E-state index in [0.717, 1.165) is 24.1 Å². The van der Waals surface area contributed by atoms with Gasteiger partial charge in [0.1, 0.15) is 11.3 Å². The molecule has 0 unspecified atom stereocenters. The highest BCUT2D eigenvalue weighted by atomic mass is 16.7. The molecule has 0 radical (unpaired) electrons. The molecule has 1 aromatic carbocycles. The van der Waals surface area contributed by atoms with Crippen LogP contribution in [0.25, 0.3) is 0 Å². The lowest BCUT2D eigenvalue weighted by atomic mass is 9.80. The van der Waals surface area contributed by atoms with Crippen LogP contribution in [-0.2, 0) is 18.4 Å². The Morgan fingerprint density at radius 1 is 1.17 bits per heavy atom. The van der Waals surface area contributed by atoms with Crippen LogP contribution in [0.5, 0.6) is 11.5 Å². The summed E-state index contributed by atoms with van der Waals surface area (Å²) in [5, 5.41) is 15.6. The lowest BCUT2D eigenvalue weighted by molar-refractivity contribution is -0.0480. The second-order valence-corrected chi connectivity index (χ2v) is 8.24. The normalized spacial score (nSPS) is 27.5. The zero-order valence-corrected chi connectivity index (χ0v) is 16.8. The van der Waals surface area contributed by atoms with Crippen molar-refractivity contribution >= 4 is 5.91 Å². The average Bonchev–Trinajstić information content (AvgIpc) is 3.42. The zero-order chi connectivity index (χ0) is 20.2. The first kappa shape index (κ1) is 18.5. The Bertz CT molecular complexity index is 917. The zero-order valence-electron chi connectivity index (χ0n) is 16.8. The molecular formula is C22H26N2O5. The van der Waals surface area contributed by atoms with Crippen molar-refractivity contribution < 1.29 is 23.9 Å². The van der Waals surface area contributed by atoms with Crippen LogP contribution in [0, 0.1) is 0 Å². The first-order chi connectivity index (χ1) is 14.0. The van der Waals surface area contributed by atoms with Gasteiger partial charge in [-0.05, 0) is 37.0 Å². The summed E-state index contributed by atoms with van der Waals surface area (Å²) in [6.45, 7) is 4.17. The molecule has 3 aliphatic heterocycles. The molecule has 2 fully saturated rings. The fourth-order valence-electron chi connectivity index (χ4n) is 5.20. The van der Waals surface area contributed by atoms with Gasteiger partial charge in [0.05, 0.1) is 11.3 Å². The predicted octanol–water partition coefficient (Wildman–Crippen LogP) is 3.18. The molecule has 3 aliphatic rings. The SMILES string of the molecule is CCc1noc(CC)c1C(=O)N1[C@H]2CC[C@H]1CC(O)(c1ccc3c(c1)OCO3)C2. The van der Waals surface area contributed by atoms with E-state index in [-0.39, 0.29) is 24.8 Å². The van der Waals surface area contributed by atoms with Gasteiger partial charge in [0, 0.05) is 31.3 Å². The number of fused-ring (bicyclic) bond motifs is 3. The first-order valence-electron chi connectivity index (χ1n) is 10.5. The maximum absolute atomic E-state index is 13.5. The maximum atomic E-state index is 13.5. The van der Waals surface area contributed by atoms with Crippen LogP contribution in [0.2, 0.25) is 0 Å². The second-order valence-electron chi connectivity index (χ2n) is 8.24. The Morgan fingerprint density at radius 2 is 1.90 bits per heavy atom. The van der Waals surface area contributed by atoms with E-state index in [2.05, 4.69) is 5.16 Å². The Morgan fingerprint density at radius 3 is 2.59 bits per heavy atom. The molecule has 5 rings (SSSR count). The Hall–Kier alpha value is -2.54. The summed E-state index contributed by atoms with van der Waals surface area (Å²) in [6, 6.07) is 5.65. The number of rotatable bonds is 4. The van der Waals surface area contributed by atoms with Crippen LogP contribution in [0.4, 0.5) is 0 Å². The van der Waals surface area contributed by atoms with Crippen molar-refractivity contribution in [2.75, 3.05) is 6.79 Å². The molecule has 1 aromatic heterocycles. The van der Waals surface area contributed by atoms with Crippen molar-refractivity contribution in [1.29, 1.82) is 0 Å². The van der Waals surface area contributed by atoms with Gasteiger partial charge in [-0.3, -0.25) is 4.79 Å². The lowest BCUT2D eigenvalue weighted by Crippen LogP contribution is -2.52. The van der Waals surface area contributed by atoms with Gasteiger partial charge < -0.3 is 24.0 Å². The van der Waals surface area contributed by atoms with Crippen molar-refractivity contribution in [2.24, 2.45) is 0 Å². The molecule has 0 saturated carbocycles. The van der Waals surface area contributed by atoms with E-state index in [4.69, 9.17) is 14.0 Å². The van der Waals surface area contributed by atoms with Gasteiger partial charge in [0.25, 0.3) is 5.91 Å². The Labute approximate surface area is 169 Å². The molecular weight excluding hydrogens is 372 g/mol. The molecule has 29 heavy (non-hydrogen) atoms. The third-order valence-corrected chi connectivity index (χ3v) is 6.61. The van der Waals surface area contributed by atoms with Crippen LogP contribution >= 0.6 is 0 Å². The number of aliphatic hydroxyl groups is 1. The summed E-state index contributed by atoms with van der Waals surface area (Å²) >= 11 is 0. The highest BCUT2D eigenvalue weighted by Gasteiger charge is 2.51. The van der Waals surface area contributed by atoms with E-state index >= 15 is 0 Å². The van der Waals surface area contributed by atoms with Crippen molar-refractivity contribution in [2.45, 2.75) is 70.1 Å². The summed E-state index contributed by atoms with van der Waals surface area (Å²) in [5.74, 6) is 2.04. The fourth-order valence-corrected chi connectivity index (χ4v) is 5.20. The molecule has 4 heterocycles. The highest BCUT2D eigenvalue weighted by molar-refractivity contribution is 5.97. The second kappa shape index (κ2) is 6.76. The monoisotopic (exact) mass is 398 g/mol. The Balaban J connectivity index is 1.43.